The molecular weight excluding hydrogens is 260 g/mol. The van der Waals surface area contributed by atoms with Crippen LogP contribution in [-0.4, -0.2) is 34.6 Å². The maximum Gasteiger partial charge on any atom is 0.112 e. The first-order valence-corrected chi connectivity index (χ1v) is 7.87. The van der Waals surface area contributed by atoms with Crippen molar-refractivity contribution in [3.05, 3.63) is 29.6 Å². The number of imidazole rings is 1. The molecule has 4 heteroatoms. The van der Waals surface area contributed by atoms with Gasteiger partial charge in [-0.05, 0) is 43.6 Å². The van der Waals surface area contributed by atoms with Crippen molar-refractivity contribution >= 4 is 11.0 Å². The molecule has 1 aromatic heterocycles. The molecule has 0 bridgehead atoms. The fraction of sp³-hybridized carbons (Fsp3) is 0.588. The zero-order valence-corrected chi connectivity index (χ0v) is 13.5. The van der Waals surface area contributed by atoms with Crippen molar-refractivity contribution in [2.45, 2.75) is 32.2 Å². The third-order valence-corrected chi connectivity index (χ3v) is 4.81. The molecule has 3 rings (SSSR count). The third-order valence-electron chi connectivity index (χ3n) is 4.81. The zero-order chi connectivity index (χ0) is 15.1. The first-order valence-electron chi connectivity index (χ1n) is 7.87. The number of aryl methyl sites for hydroxylation is 1. The van der Waals surface area contributed by atoms with E-state index in [1.54, 1.807) is 0 Å². The van der Waals surface area contributed by atoms with E-state index in [4.69, 9.17) is 10.7 Å². The molecule has 1 aromatic carbocycles. The number of fused-ring (bicyclic) bond motifs is 1. The smallest absolute Gasteiger partial charge is 0.112 e. The zero-order valence-electron chi connectivity index (χ0n) is 13.5. The van der Waals surface area contributed by atoms with Crippen molar-refractivity contribution in [2.24, 2.45) is 18.7 Å². The summed E-state index contributed by atoms with van der Waals surface area (Å²) in [7, 11) is 4.30. The lowest BCUT2D eigenvalue weighted by molar-refractivity contribution is 0.314. The molecule has 4 nitrogen and oxygen atoms in total. The average molecular weight is 286 g/mol. The Bertz CT molecular complexity index is 644. The SMILES string of the molecule is CC(C)c1nc2cc(C3CC(CN)CN3C)ccc2n1C. The molecule has 0 spiro atoms. The third kappa shape index (κ3) is 2.47. The first-order chi connectivity index (χ1) is 10.0. The fourth-order valence-corrected chi connectivity index (χ4v) is 3.63. The Kier molecular flexibility index (Phi) is 3.76. The Hall–Kier alpha value is -1.39. The van der Waals surface area contributed by atoms with Crippen LogP contribution in [0.15, 0.2) is 18.2 Å². The van der Waals surface area contributed by atoms with Crippen LogP contribution in [0.25, 0.3) is 11.0 Å². The van der Waals surface area contributed by atoms with Gasteiger partial charge in [0.05, 0.1) is 11.0 Å². The Morgan fingerprint density at radius 3 is 2.71 bits per heavy atom. The number of nitrogens with zero attached hydrogens (tertiary/aromatic N) is 3. The predicted octanol–water partition coefficient (Wildman–Crippen LogP) is 2.65. The Morgan fingerprint density at radius 1 is 1.33 bits per heavy atom. The highest BCUT2D eigenvalue weighted by molar-refractivity contribution is 5.77. The number of rotatable bonds is 3. The van der Waals surface area contributed by atoms with Crippen molar-refractivity contribution in [1.82, 2.24) is 14.5 Å². The largest absolute Gasteiger partial charge is 0.331 e. The lowest BCUT2D eigenvalue weighted by Gasteiger charge is -2.19. The molecule has 1 fully saturated rings. The summed E-state index contributed by atoms with van der Waals surface area (Å²) in [6.45, 7) is 6.26. The van der Waals surface area contributed by atoms with Gasteiger partial charge in [0.1, 0.15) is 5.82 Å². The Balaban J connectivity index is 1.98. The Labute approximate surface area is 126 Å². The summed E-state index contributed by atoms with van der Waals surface area (Å²) in [6.07, 6.45) is 1.16. The summed E-state index contributed by atoms with van der Waals surface area (Å²) < 4.78 is 2.21. The quantitative estimate of drug-likeness (QED) is 0.943. The molecule has 21 heavy (non-hydrogen) atoms. The normalized spacial score (nSPS) is 23.5. The van der Waals surface area contributed by atoms with Crippen molar-refractivity contribution in [2.75, 3.05) is 20.1 Å². The predicted molar refractivity (Wildman–Crippen MR) is 87.3 cm³/mol. The van der Waals surface area contributed by atoms with E-state index in [2.05, 4.69) is 55.6 Å². The van der Waals surface area contributed by atoms with E-state index in [1.165, 1.54) is 11.1 Å². The van der Waals surface area contributed by atoms with Gasteiger partial charge in [-0.3, -0.25) is 4.90 Å². The van der Waals surface area contributed by atoms with Gasteiger partial charge < -0.3 is 10.3 Å². The maximum absolute atomic E-state index is 5.84. The molecule has 2 heterocycles. The van der Waals surface area contributed by atoms with Crippen LogP contribution in [0.5, 0.6) is 0 Å². The molecule has 0 aliphatic carbocycles. The van der Waals surface area contributed by atoms with E-state index in [0.717, 1.165) is 30.9 Å². The van der Waals surface area contributed by atoms with Crippen LogP contribution in [0.4, 0.5) is 0 Å². The van der Waals surface area contributed by atoms with E-state index in [9.17, 15) is 0 Å². The van der Waals surface area contributed by atoms with Gasteiger partial charge in [0, 0.05) is 25.6 Å². The van der Waals surface area contributed by atoms with Gasteiger partial charge in [0.25, 0.3) is 0 Å². The summed E-state index contributed by atoms with van der Waals surface area (Å²) in [5, 5.41) is 0. The Morgan fingerprint density at radius 2 is 2.10 bits per heavy atom. The van der Waals surface area contributed by atoms with Crippen LogP contribution in [-0.2, 0) is 7.05 Å². The van der Waals surface area contributed by atoms with Crippen molar-refractivity contribution < 1.29 is 0 Å². The highest BCUT2D eigenvalue weighted by Crippen LogP contribution is 2.35. The van der Waals surface area contributed by atoms with Crippen LogP contribution in [0.1, 0.15) is 43.6 Å². The summed E-state index contributed by atoms with van der Waals surface area (Å²) >= 11 is 0. The molecule has 0 amide bonds. The number of likely N-dealkylation sites (tertiary alicyclic amines) is 1. The molecule has 1 aliphatic heterocycles. The maximum atomic E-state index is 5.84. The summed E-state index contributed by atoms with van der Waals surface area (Å²) in [5.74, 6) is 2.22. The monoisotopic (exact) mass is 286 g/mol. The van der Waals surface area contributed by atoms with Gasteiger partial charge in [-0.2, -0.15) is 0 Å². The second-order valence-electron chi connectivity index (χ2n) is 6.72. The highest BCUT2D eigenvalue weighted by atomic mass is 15.2. The van der Waals surface area contributed by atoms with E-state index < -0.39 is 0 Å². The van der Waals surface area contributed by atoms with Gasteiger partial charge >= 0.3 is 0 Å². The van der Waals surface area contributed by atoms with Crippen LogP contribution in [0.3, 0.4) is 0 Å². The molecule has 1 aliphatic rings. The second-order valence-corrected chi connectivity index (χ2v) is 6.72. The second kappa shape index (κ2) is 5.43. The molecule has 0 radical (unpaired) electrons. The highest BCUT2D eigenvalue weighted by Gasteiger charge is 2.30. The average Bonchev–Trinajstić information content (AvgIpc) is 2.99. The van der Waals surface area contributed by atoms with Gasteiger partial charge in [-0.15, -0.1) is 0 Å². The van der Waals surface area contributed by atoms with E-state index in [0.29, 0.717) is 17.9 Å². The summed E-state index contributed by atoms with van der Waals surface area (Å²) in [4.78, 5) is 7.25. The number of hydrogen-bond acceptors (Lipinski definition) is 3. The molecule has 2 N–H and O–H groups in total. The molecule has 1 saturated heterocycles. The van der Waals surface area contributed by atoms with E-state index in [1.807, 2.05) is 0 Å². The van der Waals surface area contributed by atoms with Crippen LogP contribution >= 0.6 is 0 Å². The summed E-state index contributed by atoms with van der Waals surface area (Å²) in [5.41, 5.74) is 9.55. The molecule has 2 aromatic rings. The molecule has 2 atom stereocenters. The molecular formula is C17H26N4. The number of aromatic nitrogens is 2. The molecule has 114 valence electrons. The summed E-state index contributed by atoms with van der Waals surface area (Å²) in [6, 6.07) is 7.22. The number of hydrogen-bond donors (Lipinski definition) is 1. The first kappa shape index (κ1) is 14.5. The van der Waals surface area contributed by atoms with E-state index >= 15 is 0 Å². The lowest BCUT2D eigenvalue weighted by atomic mass is 9.99. The number of nitrogens with two attached hydrogens (primary N) is 1. The van der Waals surface area contributed by atoms with Crippen molar-refractivity contribution in [1.29, 1.82) is 0 Å². The van der Waals surface area contributed by atoms with Gasteiger partial charge in [-0.1, -0.05) is 19.9 Å². The van der Waals surface area contributed by atoms with Gasteiger partial charge in [-0.25, -0.2) is 4.98 Å². The minimum absolute atomic E-state index is 0.446. The minimum atomic E-state index is 0.446. The van der Waals surface area contributed by atoms with Crippen molar-refractivity contribution in [3.63, 3.8) is 0 Å². The minimum Gasteiger partial charge on any atom is -0.331 e. The molecule has 0 saturated carbocycles. The van der Waals surface area contributed by atoms with Crippen LogP contribution in [0.2, 0.25) is 0 Å². The van der Waals surface area contributed by atoms with Crippen LogP contribution in [0, 0.1) is 5.92 Å². The lowest BCUT2D eigenvalue weighted by Crippen LogP contribution is -2.20. The molecule has 2 unspecified atom stereocenters. The van der Waals surface area contributed by atoms with E-state index in [-0.39, 0.29) is 0 Å². The number of benzene rings is 1. The van der Waals surface area contributed by atoms with Gasteiger partial charge in [0.15, 0.2) is 0 Å². The standard InChI is InChI=1S/C17H26N4/c1-11(2)17-19-14-8-13(5-6-15(14)21(17)4)16-7-12(9-18)10-20(16)3/h5-6,8,11-12,16H,7,9-10,18H2,1-4H3. The van der Waals surface area contributed by atoms with Crippen molar-refractivity contribution in [3.8, 4) is 0 Å². The van der Waals surface area contributed by atoms with Gasteiger partial charge in [0.2, 0.25) is 0 Å². The fourth-order valence-electron chi connectivity index (χ4n) is 3.63. The topological polar surface area (TPSA) is 47.1 Å². The van der Waals surface area contributed by atoms with Crippen LogP contribution < -0.4 is 5.73 Å².